The summed E-state index contributed by atoms with van der Waals surface area (Å²) >= 11 is 0. The molecule has 0 aliphatic rings. The average molecular weight is 175 g/mol. The third kappa shape index (κ3) is 2.67. The lowest BCUT2D eigenvalue weighted by Crippen LogP contribution is -2.39. The maximum Gasteiger partial charge on any atom is 0.483 e. The molecule has 0 unspecified atom stereocenters. The second kappa shape index (κ2) is 3.00. The SMILES string of the molecule is N#CCOC(F)(F)C(F)(F)F. The fraction of sp³-hybridized carbons (Fsp3) is 0.750. The van der Waals surface area contributed by atoms with Crippen LogP contribution in [0.5, 0.6) is 0 Å². The molecule has 0 saturated heterocycles. The number of hydrogen-bond donors (Lipinski definition) is 0. The van der Waals surface area contributed by atoms with Crippen molar-refractivity contribution in [1.82, 2.24) is 0 Å². The summed E-state index contributed by atoms with van der Waals surface area (Å²) in [4.78, 5) is 0. The molecule has 0 fully saturated rings. The van der Waals surface area contributed by atoms with Gasteiger partial charge in [0.05, 0.1) is 6.07 Å². The van der Waals surface area contributed by atoms with E-state index in [1.165, 1.54) is 0 Å². The zero-order chi connectivity index (χ0) is 9.12. The predicted molar refractivity (Wildman–Crippen MR) is 22.6 cm³/mol. The Hall–Kier alpha value is -0.900. The smallest absolute Gasteiger partial charge is 0.298 e. The van der Waals surface area contributed by atoms with Gasteiger partial charge in [-0.2, -0.15) is 27.2 Å². The van der Waals surface area contributed by atoms with Gasteiger partial charge in [-0.3, -0.25) is 4.74 Å². The number of alkyl halides is 5. The van der Waals surface area contributed by atoms with Crippen LogP contribution in [-0.2, 0) is 4.74 Å². The van der Waals surface area contributed by atoms with Gasteiger partial charge in [0.25, 0.3) is 0 Å². The third-order valence-electron chi connectivity index (χ3n) is 0.648. The molecule has 0 aromatic heterocycles. The molecule has 64 valence electrons. The van der Waals surface area contributed by atoms with Crippen molar-refractivity contribution in [3.05, 3.63) is 0 Å². The minimum absolute atomic E-state index is 0.994. The number of nitriles is 1. The molecule has 7 heteroatoms. The van der Waals surface area contributed by atoms with Gasteiger partial charge in [-0.1, -0.05) is 0 Å². The van der Waals surface area contributed by atoms with Gasteiger partial charge in [0.1, 0.15) is 6.61 Å². The molecule has 0 radical (unpaired) electrons. The van der Waals surface area contributed by atoms with Crippen molar-refractivity contribution in [1.29, 1.82) is 5.26 Å². The Kier molecular flexibility index (Phi) is 2.76. The lowest BCUT2D eigenvalue weighted by Gasteiger charge is -2.17. The molecule has 0 aliphatic heterocycles. The van der Waals surface area contributed by atoms with E-state index in [1.54, 1.807) is 0 Å². The lowest BCUT2D eigenvalue weighted by atomic mass is 10.6. The summed E-state index contributed by atoms with van der Waals surface area (Å²) in [6.07, 6.45) is -11.0. The van der Waals surface area contributed by atoms with Crippen LogP contribution in [0.15, 0.2) is 0 Å². The number of nitrogens with zero attached hydrogens (tertiary/aromatic N) is 1. The first-order valence-electron chi connectivity index (χ1n) is 2.26. The summed E-state index contributed by atoms with van der Waals surface area (Å²) in [5.74, 6) is 0. The molecule has 0 rings (SSSR count). The van der Waals surface area contributed by atoms with Crippen LogP contribution in [-0.4, -0.2) is 18.9 Å². The van der Waals surface area contributed by atoms with E-state index in [9.17, 15) is 22.0 Å². The van der Waals surface area contributed by atoms with Gasteiger partial charge < -0.3 is 0 Å². The van der Waals surface area contributed by atoms with E-state index in [1.807, 2.05) is 0 Å². The maximum absolute atomic E-state index is 11.6. The Bertz CT molecular complexity index is 168. The standard InChI is InChI=1S/C4H2F5NO/c5-3(6,7)4(8,9)11-2-1-10/h2H2. The summed E-state index contributed by atoms with van der Waals surface area (Å²) in [7, 11) is 0. The van der Waals surface area contributed by atoms with Crippen LogP contribution in [0.3, 0.4) is 0 Å². The molecule has 0 N–H and O–H groups in total. The third-order valence-corrected chi connectivity index (χ3v) is 0.648. The Morgan fingerprint density at radius 2 is 1.64 bits per heavy atom. The second-order valence-electron chi connectivity index (χ2n) is 1.46. The van der Waals surface area contributed by atoms with Gasteiger partial charge in [-0.25, -0.2) is 0 Å². The van der Waals surface area contributed by atoms with Gasteiger partial charge in [-0.05, 0) is 0 Å². The van der Waals surface area contributed by atoms with Crippen LogP contribution in [0.2, 0.25) is 0 Å². The van der Waals surface area contributed by atoms with E-state index >= 15 is 0 Å². The molecule has 0 aromatic rings. The number of ether oxygens (including phenoxy) is 1. The van der Waals surface area contributed by atoms with Crippen molar-refractivity contribution in [3.63, 3.8) is 0 Å². The molecule has 0 spiro atoms. The predicted octanol–water partition coefficient (Wildman–Crippen LogP) is 1.68. The van der Waals surface area contributed by atoms with Crippen LogP contribution in [0, 0.1) is 11.3 Å². The van der Waals surface area contributed by atoms with Crippen molar-refractivity contribution in [2.75, 3.05) is 6.61 Å². The maximum atomic E-state index is 11.6. The van der Waals surface area contributed by atoms with E-state index in [0.717, 1.165) is 6.07 Å². The molecule has 2 nitrogen and oxygen atoms in total. The summed E-state index contributed by atoms with van der Waals surface area (Å²) in [6.45, 7) is -1.30. The largest absolute Gasteiger partial charge is 0.483 e. The van der Waals surface area contributed by atoms with Crippen LogP contribution < -0.4 is 0 Å². The topological polar surface area (TPSA) is 33.0 Å². The Morgan fingerprint density at radius 1 is 1.18 bits per heavy atom. The van der Waals surface area contributed by atoms with Crippen molar-refractivity contribution in [2.24, 2.45) is 0 Å². The number of hydrogen-bond acceptors (Lipinski definition) is 2. The quantitative estimate of drug-likeness (QED) is 0.598. The highest BCUT2D eigenvalue weighted by molar-refractivity contribution is 4.72. The number of rotatable bonds is 2. The van der Waals surface area contributed by atoms with Gasteiger partial charge >= 0.3 is 12.3 Å². The fourth-order valence-electron chi connectivity index (χ4n) is 0.205. The molecule has 0 bridgehead atoms. The monoisotopic (exact) mass is 175 g/mol. The molecule has 11 heavy (non-hydrogen) atoms. The summed E-state index contributed by atoms with van der Waals surface area (Å²) in [5, 5.41) is 7.62. The summed E-state index contributed by atoms with van der Waals surface area (Å²) in [6, 6.07) is 0.994. The normalized spacial score (nSPS) is 12.7. The zero-order valence-corrected chi connectivity index (χ0v) is 4.95. The first kappa shape index (κ1) is 10.1. The van der Waals surface area contributed by atoms with E-state index in [4.69, 9.17) is 5.26 Å². The van der Waals surface area contributed by atoms with Crippen LogP contribution in [0.1, 0.15) is 0 Å². The van der Waals surface area contributed by atoms with Crippen molar-refractivity contribution in [3.8, 4) is 6.07 Å². The van der Waals surface area contributed by atoms with E-state index in [2.05, 4.69) is 4.74 Å². The molecule has 0 aliphatic carbocycles. The first-order valence-corrected chi connectivity index (χ1v) is 2.26. The van der Waals surface area contributed by atoms with E-state index in [0.29, 0.717) is 0 Å². The molecular weight excluding hydrogens is 173 g/mol. The minimum Gasteiger partial charge on any atom is -0.298 e. The number of halogens is 5. The van der Waals surface area contributed by atoms with Crippen molar-refractivity contribution < 1.29 is 26.7 Å². The second-order valence-corrected chi connectivity index (χ2v) is 1.46. The molecule has 0 atom stereocenters. The summed E-state index contributed by atoms with van der Waals surface area (Å²) < 4.78 is 59.7. The van der Waals surface area contributed by atoms with Gasteiger partial charge in [-0.15, -0.1) is 0 Å². The first-order chi connectivity index (χ1) is 4.81. The Labute approximate surface area is 58.2 Å². The van der Waals surface area contributed by atoms with Gasteiger partial charge in [0, 0.05) is 0 Å². The lowest BCUT2D eigenvalue weighted by molar-refractivity contribution is -0.387. The molecular formula is C4H2F5NO. The fourth-order valence-corrected chi connectivity index (χ4v) is 0.205. The minimum atomic E-state index is -5.76. The average Bonchev–Trinajstić information content (AvgIpc) is 1.81. The van der Waals surface area contributed by atoms with Crippen molar-refractivity contribution >= 4 is 0 Å². The van der Waals surface area contributed by atoms with Crippen molar-refractivity contribution in [2.45, 2.75) is 12.3 Å². The zero-order valence-electron chi connectivity index (χ0n) is 4.95. The molecule has 0 amide bonds. The Morgan fingerprint density at radius 3 is 1.91 bits per heavy atom. The molecule has 0 heterocycles. The summed E-state index contributed by atoms with van der Waals surface area (Å²) in [5.41, 5.74) is 0. The van der Waals surface area contributed by atoms with Gasteiger partial charge in [0.2, 0.25) is 0 Å². The van der Waals surface area contributed by atoms with Crippen LogP contribution in [0.25, 0.3) is 0 Å². The van der Waals surface area contributed by atoms with E-state index < -0.39 is 18.9 Å². The molecule has 0 saturated carbocycles. The highest BCUT2D eigenvalue weighted by atomic mass is 19.4. The Balaban J connectivity index is 4.13. The van der Waals surface area contributed by atoms with Crippen LogP contribution >= 0.6 is 0 Å². The van der Waals surface area contributed by atoms with Crippen LogP contribution in [0.4, 0.5) is 22.0 Å². The van der Waals surface area contributed by atoms with Gasteiger partial charge in [0.15, 0.2) is 0 Å². The highest BCUT2D eigenvalue weighted by Crippen LogP contribution is 2.35. The molecule has 0 aromatic carbocycles. The van der Waals surface area contributed by atoms with E-state index in [-0.39, 0.29) is 0 Å². The highest BCUT2D eigenvalue weighted by Gasteiger charge is 2.59.